The van der Waals surface area contributed by atoms with Crippen LogP contribution in [0.25, 0.3) is 10.2 Å². The van der Waals surface area contributed by atoms with Crippen molar-refractivity contribution in [3.8, 4) is 0 Å². The Morgan fingerprint density at radius 2 is 1.78 bits per heavy atom. The Kier molecular flexibility index (Phi) is 6.92. The molecule has 0 aliphatic heterocycles. The Bertz CT molecular complexity index is 986. The SMILES string of the molecule is O=C(NCc1nc2cc(Cl)ccc2s1)[C@H]1CC[C@H](C(=O)N[C@H]2C[C@@H](OC(F)(F)F)C2)CC1. The number of fused-ring (bicyclic) bond motifs is 1. The van der Waals surface area contributed by atoms with Crippen molar-refractivity contribution in [1.29, 1.82) is 0 Å². The van der Waals surface area contributed by atoms with E-state index < -0.39 is 12.5 Å². The average molecular weight is 490 g/mol. The van der Waals surface area contributed by atoms with Crippen LogP contribution in [0.15, 0.2) is 18.2 Å². The van der Waals surface area contributed by atoms with Gasteiger partial charge in [-0.25, -0.2) is 4.98 Å². The summed E-state index contributed by atoms with van der Waals surface area (Å²) in [6.07, 6.45) is -2.82. The summed E-state index contributed by atoms with van der Waals surface area (Å²) < 4.78 is 41.5. The number of halogens is 4. The first-order valence-corrected chi connectivity index (χ1v) is 11.7. The zero-order valence-corrected chi connectivity index (χ0v) is 18.7. The van der Waals surface area contributed by atoms with E-state index in [0.29, 0.717) is 37.3 Å². The minimum Gasteiger partial charge on any atom is -0.353 e. The molecule has 0 unspecified atom stereocenters. The number of carbonyl (C=O) groups excluding carboxylic acids is 2. The number of thiazole rings is 1. The van der Waals surface area contributed by atoms with Crippen LogP contribution in [0.5, 0.6) is 0 Å². The zero-order chi connectivity index (χ0) is 22.9. The van der Waals surface area contributed by atoms with Crippen LogP contribution in [0.2, 0.25) is 5.02 Å². The lowest BCUT2D eigenvalue weighted by molar-refractivity contribution is -0.351. The van der Waals surface area contributed by atoms with Gasteiger partial charge in [0.05, 0.1) is 22.9 Å². The molecule has 0 spiro atoms. The van der Waals surface area contributed by atoms with E-state index in [2.05, 4.69) is 20.4 Å². The highest BCUT2D eigenvalue weighted by Gasteiger charge is 2.41. The quantitative estimate of drug-likeness (QED) is 0.623. The van der Waals surface area contributed by atoms with Gasteiger partial charge in [-0.2, -0.15) is 0 Å². The fourth-order valence-corrected chi connectivity index (χ4v) is 5.29. The van der Waals surface area contributed by atoms with Gasteiger partial charge in [-0.3, -0.25) is 14.3 Å². The molecule has 2 aliphatic rings. The summed E-state index contributed by atoms with van der Waals surface area (Å²) in [4.78, 5) is 29.4. The first-order chi connectivity index (χ1) is 15.2. The molecular formula is C21H23ClF3N3O3S. The minimum absolute atomic E-state index is 0.0488. The molecule has 1 aromatic carbocycles. The Hall–Kier alpha value is -1.91. The van der Waals surface area contributed by atoms with Gasteiger partial charge in [-0.1, -0.05) is 11.6 Å². The number of ether oxygens (including phenoxy) is 1. The van der Waals surface area contributed by atoms with Gasteiger partial charge in [0.1, 0.15) is 5.01 Å². The molecule has 11 heteroatoms. The number of aromatic nitrogens is 1. The van der Waals surface area contributed by atoms with Crippen molar-refractivity contribution < 1.29 is 27.5 Å². The molecule has 6 nitrogen and oxygen atoms in total. The van der Waals surface area contributed by atoms with Crippen molar-refractivity contribution in [3.63, 3.8) is 0 Å². The van der Waals surface area contributed by atoms with E-state index >= 15 is 0 Å². The van der Waals surface area contributed by atoms with E-state index in [9.17, 15) is 22.8 Å². The third-order valence-electron chi connectivity index (χ3n) is 6.02. The average Bonchev–Trinajstić information content (AvgIpc) is 3.11. The molecule has 1 heterocycles. The normalized spacial score (nSPS) is 25.9. The Morgan fingerprint density at radius 3 is 2.44 bits per heavy atom. The van der Waals surface area contributed by atoms with Crippen LogP contribution in [0.3, 0.4) is 0 Å². The van der Waals surface area contributed by atoms with Crippen LogP contribution >= 0.6 is 22.9 Å². The van der Waals surface area contributed by atoms with Crippen molar-refractivity contribution in [2.45, 2.75) is 63.6 Å². The van der Waals surface area contributed by atoms with Crippen LogP contribution in [0, 0.1) is 11.8 Å². The summed E-state index contributed by atoms with van der Waals surface area (Å²) in [6.45, 7) is 0.346. The predicted octanol–water partition coefficient (Wildman–Crippen LogP) is 4.56. The van der Waals surface area contributed by atoms with E-state index in [1.165, 1.54) is 11.3 Å². The number of benzene rings is 1. The standard InChI is InChI=1S/C21H23ClF3N3O3S/c22-13-5-6-17-16(7-13)28-18(32-17)10-26-19(29)11-1-3-12(4-2-11)20(30)27-14-8-15(9-14)31-21(23,24)25/h5-7,11-12,14-15H,1-4,8-10H2,(H,26,29)(H,27,30)/t11-,12-,14-,15+. The second-order valence-electron chi connectivity index (χ2n) is 8.35. The number of alkyl halides is 3. The van der Waals surface area contributed by atoms with Crippen molar-refractivity contribution >= 4 is 45.0 Å². The topological polar surface area (TPSA) is 80.3 Å². The van der Waals surface area contributed by atoms with E-state index in [4.69, 9.17) is 11.6 Å². The van der Waals surface area contributed by atoms with Gasteiger partial charge in [0.25, 0.3) is 0 Å². The highest BCUT2D eigenvalue weighted by molar-refractivity contribution is 7.18. The zero-order valence-electron chi connectivity index (χ0n) is 17.1. The summed E-state index contributed by atoms with van der Waals surface area (Å²) in [7, 11) is 0. The second kappa shape index (κ2) is 9.52. The number of nitrogens with one attached hydrogen (secondary N) is 2. The van der Waals surface area contributed by atoms with Gasteiger partial charge in [-0.05, 0) is 56.7 Å². The van der Waals surface area contributed by atoms with E-state index in [1.54, 1.807) is 12.1 Å². The molecular weight excluding hydrogens is 467 g/mol. The second-order valence-corrected chi connectivity index (χ2v) is 9.90. The molecule has 0 atom stereocenters. The first-order valence-electron chi connectivity index (χ1n) is 10.5. The number of nitrogens with zero attached hydrogens (tertiary/aromatic N) is 1. The highest BCUT2D eigenvalue weighted by atomic mass is 35.5. The minimum atomic E-state index is -4.64. The molecule has 0 radical (unpaired) electrons. The summed E-state index contributed by atoms with van der Waals surface area (Å²) >= 11 is 7.49. The van der Waals surface area contributed by atoms with E-state index in [-0.39, 0.29) is 42.5 Å². The maximum atomic E-state index is 12.5. The van der Waals surface area contributed by atoms with Crippen LogP contribution < -0.4 is 10.6 Å². The molecule has 2 N–H and O–H groups in total. The lowest BCUT2D eigenvalue weighted by Crippen LogP contribution is -2.51. The van der Waals surface area contributed by atoms with Crippen molar-refractivity contribution in [2.24, 2.45) is 11.8 Å². The molecule has 2 aliphatic carbocycles. The van der Waals surface area contributed by atoms with Crippen molar-refractivity contribution in [1.82, 2.24) is 15.6 Å². The number of amides is 2. The largest absolute Gasteiger partial charge is 0.522 e. The molecule has 32 heavy (non-hydrogen) atoms. The van der Waals surface area contributed by atoms with Gasteiger partial charge in [0.2, 0.25) is 11.8 Å². The smallest absolute Gasteiger partial charge is 0.353 e. The summed E-state index contributed by atoms with van der Waals surface area (Å²) in [5.74, 6) is -0.563. The Labute approximate surface area is 191 Å². The van der Waals surface area contributed by atoms with Gasteiger partial charge < -0.3 is 10.6 Å². The molecule has 0 saturated heterocycles. The summed E-state index contributed by atoms with van der Waals surface area (Å²) in [5.41, 5.74) is 0.807. The molecule has 2 aromatic rings. The number of hydrogen-bond donors (Lipinski definition) is 2. The fourth-order valence-electron chi connectivity index (χ4n) is 4.24. The molecule has 2 fully saturated rings. The third-order valence-corrected chi connectivity index (χ3v) is 7.29. The first kappa shape index (κ1) is 23.3. The highest BCUT2D eigenvalue weighted by Crippen LogP contribution is 2.33. The van der Waals surface area contributed by atoms with Gasteiger partial charge in [0.15, 0.2) is 0 Å². The van der Waals surface area contributed by atoms with E-state index in [1.807, 2.05) is 6.07 Å². The fraction of sp³-hybridized carbons (Fsp3) is 0.571. The molecule has 1 aromatic heterocycles. The van der Waals surface area contributed by atoms with Gasteiger partial charge in [-0.15, -0.1) is 24.5 Å². The third kappa shape index (κ3) is 5.90. The lowest BCUT2D eigenvalue weighted by atomic mass is 9.80. The molecule has 4 rings (SSSR count). The molecule has 2 saturated carbocycles. The maximum Gasteiger partial charge on any atom is 0.522 e. The van der Waals surface area contributed by atoms with Crippen LogP contribution in [0.1, 0.15) is 43.5 Å². The molecule has 174 valence electrons. The van der Waals surface area contributed by atoms with Crippen molar-refractivity contribution in [2.75, 3.05) is 0 Å². The predicted molar refractivity (Wildman–Crippen MR) is 114 cm³/mol. The lowest BCUT2D eigenvalue weighted by Gasteiger charge is -2.37. The number of rotatable bonds is 6. The Balaban J connectivity index is 1.17. The van der Waals surface area contributed by atoms with Crippen molar-refractivity contribution in [3.05, 3.63) is 28.2 Å². The van der Waals surface area contributed by atoms with Crippen LogP contribution in [-0.4, -0.2) is 35.3 Å². The van der Waals surface area contributed by atoms with Crippen LogP contribution in [-0.2, 0) is 20.9 Å². The molecule has 2 amide bonds. The maximum absolute atomic E-state index is 12.5. The molecule has 0 bridgehead atoms. The summed E-state index contributed by atoms with van der Waals surface area (Å²) in [5, 5.41) is 7.16. The summed E-state index contributed by atoms with van der Waals surface area (Å²) in [6, 6.07) is 5.22. The van der Waals surface area contributed by atoms with Gasteiger partial charge >= 0.3 is 6.36 Å². The Morgan fingerprint density at radius 1 is 1.12 bits per heavy atom. The number of hydrogen-bond acceptors (Lipinski definition) is 5. The van der Waals surface area contributed by atoms with Gasteiger partial charge in [0, 0.05) is 22.9 Å². The number of carbonyl (C=O) groups is 2. The monoisotopic (exact) mass is 489 g/mol. The van der Waals surface area contributed by atoms with E-state index in [0.717, 1.165) is 15.2 Å². The van der Waals surface area contributed by atoms with Crippen LogP contribution in [0.4, 0.5) is 13.2 Å².